The van der Waals surface area contributed by atoms with Crippen LogP contribution < -0.4 is 0 Å². The van der Waals surface area contributed by atoms with E-state index in [0.717, 1.165) is 16.8 Å². The first-order valence-electron chi connectivity index (χ1n) is 6.03. The Balaban J connectivity index is 2.14. The standard InChI is InChI=1S/C14H15F3N2/c1-9-3-4-11(7-10(9)2)12-8-18-13(19-12)5-6-14(15,16)17/h3-4,7-8H,5-6H2,1-2H3,(H,18,19). The zero-order valence-corrected chi connectivity index (χ0v) is 10.8. The molecule has 0 unspecified atom stereocenters. The highest BCUT2D eigenvalue weighted by molar-refractivity contribution is 5.60. The van der Waals surface area contributed by atoms with Crippen molar-refractivity contribution in [1.82, 2.24) is 9.97 Å². The van der Waals surface area contributed by atoms with Crippen LogP contribution in [0.1, 0.15) is 23.4 Å². The number of aromatic nitrogens is 2. The molecule has 102 valence electrons. The highest BCUT2D eigenvalue weighted by atomic mass is 19.4. The van der Waals surface area contributed by atoms with E-state index in [9.17, 15) is 13.2 Å². The van der Waals surface area contributed by atoms with Gasteiger partial charge >= 0.3 is 6.18 Å². The fourth-order valence-electron chi connectivity index (χ4n) is 1.81. The van der Waals surface area contributed by atoms with E-state index in [1.165, 1.54) is 5.56 Å². The molecule has 0 spiro atoms. The van der Waals surface area contributed by atoms with Gasteiger partial charge in [0.25, 0.3) is 0 Å². The van der Waals surface area contributed by atoms with Crippen LogP contribution in [0.2, 0.25) is 0 Å². The molecule has 1 heterocycles. The molecular weight excluding hydrogens is 253 g/mol. The third-order valence-electron chi connectivity index (χ3n) is 3.09. The summed E-state index contributed by atoms with van der Waals surface area (Å²) in [5, 5.41) is 0. The van der Waals surface area contributed by atoms with Crippen molar-refractivity contribution in [3.63, 3.8) is 0 Å². The van der Waals surface area contributed by atoms with Gasteiger partial charge in [0.1, 0.15) is 5.82 Å². The minimum atomic E-state index is -4.15. The molecule has 0 aliphatic rings. The van der Waals surface area contributed by atoms with Crippen LogP contribution in [0.5, 0.6) is 0 Å². The number of alkyl halides is 3. The molecule has 2 rings (SSSR count). The Labute approximate surface area is 109 Å². The van der Waals surface area contributed by atoms with E-state index < -0.39 is 12.6 Å². The van der Waals surface area contributed by atoms with Crippen LogP contribution >= 0.6 is 0 Å². The highest BCUT2D eigenvalue weighted by Gasteiger charge is 2.27. The number of aromatic amines is 1. The van der Waals surface area contributed by atoms with Gasteiger partial charge < -0.3 is 4.98 Å². The van der Waals surface area contributed by atoms with E-state index in [-0.39, 0.29) is 6.42 Å². The summed E-state index contributed by atoms with van der Waals surface area (Å²) in [7, 11) is 0. The predicted molar refractivity (Wildman–Crippen MR) is 67.9 cm³/mol. The summed E-state index contributed by atoms with van der Waals surface area (Å²) in [6.07, 6.45) is -3.54. The molecule has 0 atom stereocenters. The Hall–Kier alpha value is -1.78. The first kappa shape index (κ1) is 13.6. The lowest BCUT2D eigenvalue weighted by Gasteiger charge is -2.04. The molecule has 0 amide bonds. The van der Waals surface area contributed by atoms with Gasteiger partial charge in [0, 0.05) is 6.42 Å². The Morgan fingerprint density at radius 2 is 1.89 bits per heavy atom. The van der Waals surface area contributed by atoms with Crippen molar-refractivity contribution in [2.75, 3.05) is 0 Å². The Kier molecular flexibility index (Phi) is 3.64. The van der Waals surface area contributed by atoms with Gasteiger partial charge in [0.15, 0.2) is 0 Å². The summed E-state index contributed by atoms with van der Waals surface area (Å²) in [6, 6.07) is 5.92. The smallest absolute Gasteiger partial charge is 0.342 e. The molecule has 1 N–H and O–H groups in total. The lowest BCUT2D eigenvalue weighted by molar-refractivity contribution is -0.134. The van der Waals surface area contributed by atoms with Crippen molar-refractivity contribution in [1.29, 1.82) is 0 Å². The number of nitrogens with one attached hydrogen (secondary N) is 1. The number of nitrogens with zero attached hydrogens (tertiary/aromatic N) is 1. The second kappa shape index (κ2) is 5.07. The largest absolute Gasteiger partial charge is 0.389 e. The van der Waals surface area contributed by atoms with Crippen LogP contribution in [0.4, 0.5) is 13.2 Å². The number of aryl methyl sites for hydroxylation is 3. The zero-order valence-electron chi connectivity index (χ0n) is 10.8. The lowest BCUT2D eigenvalue weighted by Crippen LogP contribution is -2.09. The highest BCUT2D eigenvalue weighted by Crippen LogP contribution is 2.23. The van der Waals surface area contributed by atoms with Gasteiger partial charge in [-0.2, -0.15) is 13.2 Å². The van der Waals surface area contributed by atoms with Gasteiger partial charge in [-0.25, -0.2) is 4.98 Å². The molecule has 5 heteroatoms. The van der Waals surface area contributed by atoms with E-state index >= 15 is 0 Å². The number of hydrogen-bond acceptors (Lipinski definition) is 1. The molecule has 0 saturated heterocycles. The van der Waals surface area contributed by atoms with Crippen molar-refractivity contribution in [2.45, 2.75) is 32.9 Å². The molecule has 0 aliphatic heterocycles. The van der Waals surface area contributed by atoms with Crippen LogP contribution in [0.3, 0.4) is 0 Å². The second-order valence-electron chi connectivity index (χ2n) is 4.66. The number of H-pyrrole nitrogens is 1. The molecule has 19 heavy (non-hydrogen) atoms. The average molecular weight is 268 g/mol. The average Bonchev–Trinajstić information content (AvgIpc) is 2.78. The molecule has 1 aromatic carbocycles. The molecule has 0 fully saturated rings. The van der Waals surface area contributed by atoms with Gasteiger partial charge in [-0.1, -0.05) is 12.1 Å². The number of halogens is 3. The van der Waals surface area contributed by atoms with E-state index in [2.05, 4.69) is 9.97 Å². The second-order valence-corrected chi connectivity index (χ2v) is 4.66. The third-order valence-corrected chi connectivity index (χ3v) is 3.09. The fourth-order valence-corrected chi connectivity index (χ4v) is 1.81. The van der Waals surface area contributed by atoms with Gasteiger partial charge in [0.2, 0.25) is 0 Å². The van der Waals surface area contributed by atoms with Crippen LogP contribution in [0.15, 0.2) is 24.4 Å². The van der Waals surface area contributed by atoms with Crippen LogP contribution in [0.25, 0.3) is 11.3 Å². The SMILES string of the molecule is Cc1ccc(-c2cnc(CCC(F)(F)F)[nH]2)cc1C. The van der Waals surface area contributed by atoms with Gasteiger partial charge in [-0.3, -0.25) is 0 Å². The summed E-state index contributed by atoms with van der Waals surface area (Å²) in [5.41, 5.74) is 4.01. The molecule has 0 bridgehead atoms. The molecular formula is C14H15F3N2. The molecule has 2 aromatic rings. The molecule has 0 saturated carbocycles. The third kappa shape index (κ3) is 3.59. The summed E-state index contributed by atoms with van der Waals surface area (Å²) in [6.45, 7) is 4.01. The van der Waals surface area contributed by atoms with Gasteiger partial charge in [0.05, 0.1) is 18.3 Å². The lowest BCUT2D eigenvalue weighted by atomic mass is 10.1. The predicted octanol–water partition coefficient (Wildman–Crippen LogP) is 4.19. The summed E-state index contributed by atoms with van der Waals surface area (Å²) < 4.78 is 36.4. The van der Waals surface area contributed by atoms with Crippen molar-refractivity contribution in [3.05, 3.63) is 41.3 Å². The van der Waals surface area contributed by atoms with Crippen LogP contribution in [0, 0.1) is 13.8 Å². The summed E-state index contributed by atoms with van der Waals surface area (Å²) >= 11 is 0. The molecule has 2 nitrogen and oxygen atoms in total. The van der Waals surface area contributed by atoms with Crippen molar-refractivity contribution < 1.29 is 13.2 Å². The number of imidazole rings is 1. The fraction of sp³-hybridized carbons (Fsp3) is 0.357. The maximum absolute atomic E-state index is 12.1. The Bertz CT molecular complexity index is 570. The van der Waals surface area contributed by atoms with Gasteiger partial charge in [-0.15, -0.1) is 0 Å². The van der Waals surface area contributed by atoms with Gasteiger partial charge in [-0.05, 0) is 36.6 Å². The van der Waals surface area contributed by atoms with Crippen molar-refractivity contribution in [2.24, 2.45) is 0 Å². The topological polar surface area (TPSA) is 28.7 Å². The Morgan fingerprint density at radius 1 is 1.16 bits per heavy atom. The van der Waals surface area contributed by atoms with Crippen LogP contribution in [-0.2, 0) is 6.42 Å². The number of rotatable bonds is 3. The Morgan fingerprint density at radius 3 is 2.53 bits per heavy atom. The normalized spacial score (nSPS) is 11.8. The van der Waals surface area contributed by atoms with E-state index in [1.54, 1.807) is 6.20 Å². The minimum absolute atomic E-state index is 0.117. The number of benzene rings is 1. The summed E-state index contributed by atoms with van der Waals surface area (Å²) in [4.78, 5) is 6.93. The summed E-state index contributed by atoms with van der Waals surface area (Å²) in [5.74, 6) is 0.366. The zero-order chi connectivity index (χ0) is 14.0. The monoisotopic (exact) mass is 268 g/mol. The molecule has 1 aromatic heterocycles. The molecule has 0 aliphatic carbocycles. The maximum Gasteiger partial charge on any atom is 0.389 e. The van der Waals surface area contributed by atoms with E-state index in [4.69, 9.17) is 0 Å². The maximum atomic E-state index is 12.1. The first-order chi connectivity index (χ1) is 8.85. The van der Waals surface area contributed by atoms with Crippen molar-refractivity contribution >= 4 is 0 Å². The minimum Gasteiger partial charge on any atom is -0.342 e. The van der Waals surface area contributed by atoms with Crippen LogP contribution in [-0.4, -0.2) is 16.1 Å². The number of hydrogen-bond donors (Lipinski definition) is 1. The molecule has 0 radical (unpaired) electrons. The first-order valence-corrected chi connectivity index (χ1v) is 6.03. The van der Waals surface area contributed by atoms with E-state index in [0.29, 0.717) is 5.82 Å². The van der Waals surface area contributed by atoms with Crippen molar-refractivity contribution in [3.8, 4) is 11.3 Å². The van der Waals surface area contributed by atoms with E-state index in [1.807, 2.05) is 32.0 Å². The quantitative estimate of drug-likeness (QED) is 0.888.